The van der Waals surface area contributed by atoms with Gasteiger partial charge >= 0.3 is 0 Å². The predicted octanol–water partition coefficient (Wildman–Crippen LogP) is 2.92. The lowest BCUT2D eigenvalue weighted by Crippen LogP contribution is -2.42. The first-order chi connectivity index (χ1) is 12.0. The average molecular weight is 407 g/mol. The van der Waals surface area contributed by atoms with Gasteiger partial charge in [0.05, 0.1) is 18.4 Å². The lowest BCUT2D eigenvalue weighted by Gasteiger charge is -2.31. The minimum atomic E-state index is -0.215. The Kier molecular flexibility index (Phi) is 5.43. The summed E-state index contributed by atoms with van der Waals surface area (Å²) in [7, 11) is 0. The molecule has 25 heavy (non-hydrogen) atoms. The van der Waals surface area contributed by atoms with Crippen LogP contribution in [0, 0.1) is 5.92 Å². The molecular formula is C18H19BrN2O4. The molecule has 7 heteroatoms. The highest BCUT2D eigenvalue weighted by molar-refractivity contribution is 9.10. The molecule has 2 heterocycles. The summed E-state index contributed by atoms with van der Waals surface area (Å²) in [6.45, 7) is 1.35. The highest BCUT2D eigenvalue weighted by atomic mass is 79.9. The molecular weight excluding hydrogens is 388 g/mol. The topological polar surface area (TPSA) is 82.8 Å². The summed E-state index contributed by atoms with van der Waals surface area (Å²) < 4.78 is 5.93. The summed E-state index contributed by atoms with van der Waals surface area (Å²) in [5.41, 5.74) is 0.273. The van der Waals surface area contributed by atoms with E-state index in [1.165, 1.54) is 6.07 Å². The molecule has 0 spiro atoms. The highest BCUT2D eigenvalue weighted by Gasteiger charge is 2.28. The van der Waals surface area contributed by atoms with Crippen molar-refractivity contribution in [2.75, 3.05) is 13.1 Å². The van der Waals surface area contributed by atoms with Crippen LogP contribution in [0.4, 0.5) is 0 Å². The van der Waals surface area contributed by atoms with E-state index in [9.17, 15) is 14.7 Å². The van der Waals surface area contributed by atoms with E-state index in [0.29, 0.717) is 38.2 Å². The molecule has 2 N–H and O–H groups in total. The maximum Gasteiger partial charge on any atom is 0.257 e. The molecule has 0 aliphatic carbocycles. The Morgan fingerprint density at radius 3 is 2.72 bits per heavy atom. The van der Waals surface area contributed by atoms with E-state index in [0.717, 1.165) is 4.47 Å². The van der Waals surface area contributed by atoms with E-state index in [1.807, 2.05) is 6.07 Å². The minimum Gasteiger partial charge on any atom is -0.507 e. The number of carbonyl (C=O) groups excluding carboxylic acids is 2. The molecule has 3 rings (SSSR count). The SMILES string of the molecule is O=C(NCc1ccco1)C1CCN(C(=O)c2cc(Br)ccc2O)CC1. The zero-order chi connectivity index (χ0) is 17.8. The smallest absolute Gasteiger partial charge is 0.257 e. The maximum absolute atomic E-state index is 12.6. The average Bonchev–Trinajstić information content (AvgIpc) is 3.15. The summed E-state index contributed by atoms with van der Waals surface area (Å²) in [6.07, 6.45) is 2.78. The molecule has 0 unspecified atom stereocenters. The first-order valence-corrected chi connectivity index (χ1v) is 8.92. The summed E-state index contributed by atoms with van der Waals surface area (Å²) in [5, 5.41) is 12.8. The number of likely N-dealkylation sites (tertiary alicyclic amines) is 1. The Morgan fingerprint density at radius 1 is 1.28 bits per heavy atom. The number of furan rings is 1. The molecule has 6 nitrogen and oxygen atoms in total. The predicted molar refractivity (Wildman–Crippen MR) is 95.0 cm³/mol. The van der Waals surface area contributed by atoms with E-state index in [2.05, 4.69) is 21.2 Å². The first kappa shape index (κ1) is 17.5. The number of piperidine rings is 1. The van der Waals surface area contributed by atoms with Gasteiger partial charge in [0.25, 0.3) is 5.91 Å². The lowest BCUT2D eigenvalue weighted by atomic mass is 9.95. The zero-order valence-electron chi connectivity index (χ0n) is 13.6. The van der Waals surface area contributed by atoms with Crippen LogP contribution in [0.3, 0.4) is 0 Å². The number of rotatable bonds is 4. The molecule has 0 radical (unpaired) electrons. The van der Waals surface area contributed by atoms with E-state index < -0.39 is 0 Å². The van der Waals surface area contributed by atoms with Crippen molar-refractivity contribution >= 4 is 27.7 Å². The molecule has 1 aliphatic heterocycles. The van der Waals surface area contributed by atoms with Gasteiger partial charge in [0.15, 0.2) is 0 Å². The normalized spacial score (nSPS) is 15.2. The Morgan fingerprint density at radius 2 is 2.04 bits per heavy atom. The number of nitrogens with zero attached hydrogens (tertiary/aromatic N) is 1. The number of nitrogens with one attached hydrogen (secondary N) is 1. The third-order valence-electron chi connectivity index (χ3n) is 4.36. The highest BCUT2D eigenvalue weighted by Crippen LogP contribution is 2.26. The Labute approximate surface area is 153 Å². The van der Waals surface area contributed by atoms with Gasteiger partial charge in [-0.1, -0.05) is 15.9 Å². The van der Waals surface area contributed by atoms with Gasteiger partial charge in [-0.2, -0.15) is 0 Å². The van der Waals surface area contributed by atoms with E-state index in [4.69, 9.17) is 4.42 Å². The summed E-state index contributed by atoms with van der Waals surface area (Å²) in [5.74, 6) is 0.328. The van der Waals surface area contributed by atoms with Gasteiger partial charge in [0.1, 0.15) is 11.5 Å². The van der Waals surface area contributed by atoms with Crippen LogP contribution < -0.4 is 5.32 Å². The number of hydrogen-bond donors (Lipinski definition) is 2. The van der Waals surface area contributed by atoms with Crippen molar-refractivity contribution < 1.29 is 19.1 Å². The molecule has 132 valence electrons. The van der Waals surface area contributed by atoms with Crippen molar-refractivity contribution in [2.45, 2.75) is 19.4 Å². The van der Waals surface area contributed by atoms with Crippen molar-refractivity contribution in [2.24, 2.45) is 5.92 Å². The first-order valence-electron chi connectivity index (χ1n) is 8.12. The molecule has 1 aromatic heterocycles. The zero-order valence-corrected chi connectivity index (χ0v) is 15.2. The molecule has 1 fully saturated rings. The minimum absolute atomic E-state index is 0.0196. The van der Waals surface area contributed by atoms with Gasteiger partial charge in [0.2, 0.25) is 5.91 Å². The third kappa shape index (κ3) is 4.22. The largest absolute Gasteiger partial charge is 0.507 e. The fourth-order valence-electron chi connectivity index (χ4n) is 2.93. The lowest BCUT2D eigenvalue weighted by molar-refractivity contribution is -0.126. The standard InChI is InChI=1S/C18H19BrN2O4/c19-13-3-4-16(22)15(10-13)18(24)21-7-5-12(6-8-21)17(23)20-11-14-2-1-9-25-14/h1-4,9-10,12,22H,5-8,11H2,(H,20,23). The van der Waals surface area contributed by atoms with Crippen LogP contribution in [0.1, 0.15) is 29.0 Å². The fraction of sp³-hybridized carbons (Fsp3) is 0.333. The van der Waals surface area contributed by atoms with Crippen molar-refractivity contribution in [3.63, 3.8) is 0 Å². The van der Waals surface area contributed by atoms with Crippen LogP contribution in [0.5, 0.6) is 5.75 Å². The number of aromatic hydroxyl groups is 1. The molecule has 1 aromatic carbocycles. The van der Waals surface area contributed by atoms with E-state index >= 15 is 0 Å². The summed E-state index contributed by atoms with van der Waals surface area (Å²) in [6, 6.07) is 8.38. The molecule has 0 atom stereocenters. The molecule has 0 bridgehead atoms. The van der Waals surface area contributed by atoms with Crippen LogP contribution in [-0.4, -0.2) is 34.9 Å². The summed E-state index contributed by atoms with van der Waals surface area (Å²) >= 11 is 3.31. The van der Waals surface area contributed by atoms with Gasteiger partial charge in [-0.25, -0.2) is 0 Å². The van der Waals surface area contributed by atoms with Gasteiger partial charge in [-0.15, -0.1) is 0 Å². The monoisotopic (exact) mass is 406 g/mol. The Hall–Kier alpha value is -2.28. The molecule has 1 aliphatic rings. The van der Waals surface area contributed by atoms with Crippen molar-refractivity contribution in [1.82, 2.24) is 10.2 Å². The van der Waals surface area contributed by atoms with Crippen molar-refractivity contribution in [1.29, 1.82) is 0 Å². The Bertz CT molecular complexity index is 752. The molecule has 2 amide bonds. The quantitative estimate of drug-likeness (QED) is 0.817. The maximum atomic E-state index is 12.6. The van der Waals surface area contributed by atoms with Crippen molar-refractivity contribution in [3.05, 3.63) is 52.4 Å². The molecule has 1 saturated heterocycles. The number of hydrogen-bond acceptors (Lipinski definition) is 4. The number of phenolic OH excluding ortho intramolecular Hbond substituents is 1. The number of phenols is 1. The number of carbonyl (C=O) groups is 2. The summed E-state index contributed by atoms with van der Waals surface area (Å²) in [4.78, 5) is 26.5. The van der Waals surface area contributed by atoms with Gasteiger partial charge in [0, 0.05) is 23.5 Å². The number of amides is 2. The third-order valence-corrected chi connectivity index (χ3v) is 4.85. The fourth-order valence-corrected chi connectivity index (χ4v) is 3.29. The van der Waals surface area contributed by atoms with Crippen LogP contribution >= 0.6 is 15.9 Å². The molecule has 2 aromatic rings. The second-order valence-corrected chi connectivity index (χ2v) is 6.94. The van der Waals surface area contributed by atoms with Crippen LogP contribution in [0.15, 0.2) is 45.5 Å². The van der Waals surface area contributed by atoms with Gasteiger partial charge in [-0.05, 0) is 43.2 Å². The van der Waals surface area contributed by atoms with E-state index in [-0.39, 0.29) is 29.0 Å². The Balaban J connectivity index is 1.53. The molecule has 0 saturated carbocycles. The van der Waals surface area contributed by atoms with Gasteiger partial charge < -0.3 is 19.7 Å². The number of halogens is 1. The van der Waals surface area contributed by atoms with Crippen LogP contribution in [-0.2, 0) is 11.3 Å². The van der Waals surface area contributed by atoms with Crippen LogP contribution in [0.2, 0.25) is 0 Å². The van der Waals surface area contributed by atoms with E-state index in [1.54, 1.807) is 29.4 Å². The second-order valence-electron chi connectivity index (χ2n) is 6.03. The van der Waals surface area contributed by atoms with Crippen LogP contribution in [0.25, 0.3) is 0 Å². The number of benzene rings is 1. The van der Waals surface area contributed by atoms with Gasteiger partial charge in [-0.3, -0.25) is 9.59 Å². The second kappa shape index (κ2) is 7.74. The van der Waals surface area contributed by atoms with Crippen molar-refractivity contribution in [3.8, 4) is 5.75 Å².